The summed E-state index contributed by atoms with van der Waals surface area (Å²) in [5, 5.41) is 0. The highest BCUT2D eigenvalue weighted by Gasteiger charge is 2.47. The first-order valence-corrected chi connectivity index (χ1v) is 6.11. The molecule has 2 aromatic heterocycles. The Kier molecular flexibility index (Phi) is 2.49. The van der Waals surface area contributed by atoms with E-state index in [4.69, 9.17) is 0 Å². The maximum atomic E-state index is 12.5. The number of rotatable bonds is 2. The molecule has 19 heavy (non-hydrogen) atoms. The van der Waals surface area contributed by atoms with Crippen LogP contribution < -0.4 is 0 Å². The van der Waals surface area contributed by atoms with Gasteiger partial charge in [-0.05, 0) is 42.5 Å². The van der Waals surface area contributed by atoms with Crippen LogP contribution in [0.3, 0.4) is 0 Å². The third-order valence-electron chi connectivity index (χ3n) is 3.82. The minimum Gasteiger partial charge on any atom is -0.367 e. The van der Waals surface area contributed by atoms with Crippen LogP contribution in [0.15, 0.2) is 30.7 Å². The molecule has 2 nitrogen and oxygen atoms in total. The van der Waals surface area contributed by atoms with Crippen LogP contribution in [-0.2, 0) is 11.6 Å². The summed E-state index contributed by atoms with van der Waals surface area (Å²) in [5.74, 6) is 0. The van der Waals surface area contributed by atoms with Gasteiger partial charge in [-0.25, -0.2) is 0 Å². The van der Waals surface area contributed by atoms with Crippen molar-refractivity contribution < 1.29 is 13.2 Å². The Morgan fingerprint density at radius 3 is 2.37 bits per heavy atom. The largest absolute Gasteiger partial charge is 0.433 e. The van der Waals surface area contributed by atoms with E-state index in [0.717, 1.165) is 35.6 Å². The lowest BCUT2D eigenvalue weighted by Crippen LogP contribution is -2.12. The van der Waals surface area contributed by atoms with Crippen molar-refractivity contribution in [3.63, 3.8) is 0 Å². The SMILES string of the molecule is Cc1c[nH]cc1C1(c2ccc(C(F)(F)F)nc2)CC1. The summed E-state index contributed by atoms with van der Waals surface area (Å²) in [6.07, 6.45) is 2.74. The highest BCUT2D eigenvalue weighted by Crippen LogP contribution is 2.54. The van der Waals surface area contributed by atoms with Crippen LogP contribution >= 0.6 is 0 Å². The fraction of sp³-hybridized carbons (Fsp3) is 0.357. The molecule has 2 heterocycles. The van der Waals surface area contributed by atoms with Crippen molar-refractivity contribution in [1.29, 1.82) is 0 Å². The van der Waals surface area contributed by atoms with Gasteiger partial charge in [0, 0.05) is 24.0 Å². The second-order valence-electron chi connectivity index (χ2n) is 5.06. The van der Waals surface area contributed by atoms with E-state index in [1.807, 2.05) is 19.3 Å². The summed E-state index contributed by atoms with van der Waals surface area (Å²) in [7, 11) is 0. The topological polar surface area (TPSA) is 28.7 Å². The van der Waals surface area contributed by atoms with Gasteiger partial charge >= 0.3 is 6.18 Å². The zero-order valence-corrected chi connectivity index (χ0v) is 10.4. The van der Waals surface area contributed by atoms with E-state index in [-0.39, 0.29) is 5.41 Å². The first-order valence-electron chi connectivity index (χ1n) is 6.11. The molecule has 0 radical (unpaired) electrons. The number of pyridine rings is 1. The van der Waals surface area contributed by atoms with Gasteiger partial charge in [0.25, 0.3) is 0 Å². The molecule has 1 N–H and O–H groups in total. The van der Waals surface area contributed by atoms with Gasteiger partial charge in [-0.1, -0.05) is 6.07 Å². The van der Waals surface area contributed by atoms with E-state index in [1.54, 1.807) is 6.07 Å². The number of halogens is 3. The van der Waals surface area contributed by atoms with E-state index in [1.165, 1.54) is 6.20 Å². The fourth-order valence-electron chi connectivity index (χ4n) is 2.64. The Balaban J connectivity index is 1.98. The Hall–Kier alpha value is -1.78. The van der Waals surface area contributed by atoms with Gasteiger partial charge in [-0.2, -0.15) is 13.2 Å². The Morgan fingerprint density at radius 2 is 1.95 bits per heavy atom. The zero-order chi connectivity index (χ0) is 13.7. The molecule has 100 valence electrons. The van der Waals surface area contributed by atoms with Gasteiger partial charge in [0.1, 0.15) is 5.69 Å². The van der Waals surface area contributed by atoms with Gasteiger partial charge < -0.3 is 4.98 Å². The van der Waals surface area contributed by atoms with E-state index in [2.05, 4.69) is 9.97 Å². The summed E-state index contributed by atoms with van der Waals surface area (Å²) in [4.78, 5) is 6.61. The van der Waals surface area contributed by atoms with Crippen molar-refractivity contribution >= 4 is 0 Å². The van der Waals surface area contributed by atoms with Crippen LogP contribution in [0.2, 0.25) is 0 Å². The van der Waals surface area contributed by atoms with Crippen LogP contribution in [0.1, 0.15) is 35.2 Å². The first-order chi connectivity index (χ1) is 8.93. The van der Waals surface area contributed by atoms with Crippen LogP contribution in [0, 0.1) is 6.92 Å². The smallest absolute Gasteiger partial charge is 0.367 e. The fourth-order valence-corrected chi connectivity index (χ4v) is 2.64. The second-order valence-corrected chi connectivity index (χ2v) is 5.06. The summed E-state index contributed by atoms with van der Waals surface area (Å²) in [6, 6.07) is 2.62. The molecule has 0 saturated heterocycles. The predicted octanol–water partition coefficient (Wildman–Crippen LogP) is 3.82. The first kappa shape index (κ1) is 12.3. The lowest BCUT2D eigenvalue weighted by molar-refractivity contribution is -0.141. The van der Waals surface area contributed by atoms with Crippen molar-refractivity contribution in [2.75, 3.05) is 0 Å². The van der Waals surface area contributed by atoms with Gasteiger partial charge in [0.05, 0.1) is 0 Å². The maximum absolute atomic E-state index is 12.5. The maximum Gasteiger partial charge on any atom is 0.433 e. The molecule has 0 unspecified atom stereocenters. The molecule has 1 fully saturated rings. The number of aromatic amines is 1. The average Bonchev–Trinajstić information content (AvgIpc) is 3.05. The number of nitrogens with zero attached hydrogens (tertiary/aromatic N) is 1. The summed E-state index contributed by atoms with van der Waals surface area (Å²) < 4.78 is 37.5. The minimum absolute atomic E-state index is 0.138. The normalized spacial score (nSPS) is 17.5. The highest BCUT2D eigenvalue weighted by atomic mass is 19.4. The second kappa shape index (κ2) is 3.85. The molecule has 0 atom stereocenters. The number of hydrogen-bond acceptors (Lipinski definition) is 1. The van der Waals surface area contributed by atoms with E-state index in [9.17, 15) is 13.2 Å². The third-order valence-corrected chi connectivity index (χ3v) is 3.82. The average molecular weight is 266 g/mol. The van der Waals surface area contributed by atoms with Crippen molar-refractivity contribution in [2.24, 2.45) is 0 Å². The van der Waals surface area contributed by atoms with Crippen LogP contribution in [0.25, 0.3) is 0 Å². The van der Waals surface area contributed by atoms with Gasteiger partial charge in [0.15, 0.2) is 0 Å². The van der Waals surface area contributed by atoms with Crippen molar-refractivity contribution in [3.05, 3.63) is 53.1 Å². The van der Waals surface area contributed by atoms with E-state index < -0.39 is 11.9 Å². The monoisotopic (exact) mass is 266 g/mol. The molecule has 0 aromatic carbocycles. The number of aryl methyl sites for hydroxylation is 1. The number of hydrogen-bond donors (Lipinski definition) is 1. The van der Waals surface area contributed by atoms with Gasteiger partial charge in [0.2, 0.25) is 0 Å². The number of aromatic nitrogens is 2. The van der Waals surface area contributed by atoms with Gasteiger partial charge in [-0.15, -0.1) is 0 Å². The lowest BCUT2D eigenvalue weighted by atomic mass is 9.89. The van der Waals surface area contributed by atoms with Crippen molar-refractivity contribution in [3.8, 4) is 0 Å². The molecule has 0 bridgehead atoms. The number of H-pyrrole nitrogens is 1. The van der Waals surface area contributed by atoms with Crippen molar-refractivity contribution in [2.45, 2.75) is 31.4 Å². The zero-order valence-electron chi connectivity index (χ0n) is 10.4. The number of nitrogens with one attached hydrogen (secondary N) is 1. The summed E-state index contributed by atoms with van der Waals surface area (Å²) in [6.45, 7) is 2.00. The quantitative estimate of drug-likeness (QED) is 0.879. The van der Waals surface area contributed by atoms with E-state index in [0.29, 0.717) is 0 Å². The van der Waals surface area contributed by atoms with Crippen molar-refractivity contribution in [1.82, 2.24) is 9.97 Å². The van der Waals surface area contributed by atoms with Gasteiger partial charge in [-0.3, -0.25) is 4.98 Å². The molecular formula is C14H13F3N2. The molecule has 5 heteroatoms. The standard InChI is InChI=1S/C14H13F3N2/c1-9-6-18-8-11(9)13(4-5-13)10-2-3-12(19-7-10)14(15,16)17/h2-3,6-8,18H,4-5H2,1H3. The number of alkyl halides is 3. The molecule has 1 saturated carbocycles. The Labute approximate surface area is 108 Å². The summed E-state index contributed by atoms with van der Waals surface area (Å²) >= 11 is 0. The molecule has 0 spiro atoms. The summed E-state index contributed by atoms with van der Waals surface area (Å²) in [5.41, 5.74) is 2.19. The van der Waals surface area contributed by atoms with Crippen LogP contribution in [0.4, 0.5) is 13.2 Å². The Morgan fingerprint density at radius 1 is 1.21 bits per heavy atom. The molecular weight excluding hydrogens is 253 g/mol. The molecule has 1 aliphatic carbocycles. The molecule has 0 aliphatic heterocycles. The predicted molar refractivity (Wildman–Crippen MR) is 64.8 cm³/mol. The third kappa shape index (κ3) is 1.93. The molecule has 0 amide bonds. The van der Waals surface area contributed by atoms with Crippen LogP contribution in [-0.4, -0.2) is 9.97 Å². The highest BCUT2D eigenvalue weighted by molar-refractivity contribution is 5.46. The molecule has 3 rings (SSSR count). The molecule has 2 aromatic rings. The lowest BCUT2D eigenvalue weighted by Gasteiger charge is -2.16. The van der Waals surface area contributed by atoms with E-state index >= 15 is 0 Å². The molecule has 1 aliphatic rings. The minimum atomic E-state index is -4.38. The Bertz CT molecular complexity index is 592. The van der Waals surface area contributed by atoms with Crippen LogP contribution in [0.5, 0.6) is 0 Å².